The average Bonchev–Trinajstić information content (AvgIpc) is 2.17. The molecule has 0 bridgehead atoms. The van der Waals surface area contributed by atoms with Crippen molar-refractivity contribution in [2.45, 2.75) is 40.0 Å². The van der Waals surface area contributed by atoms with Gasteiger partial charge in [-0.25, -0.2) is 0 Å². The van der Waals surface area contributed by atoms with Gasteiger partial charge in [0.25, 0.3) is 0 Å². The molecule has 0 aromatic heterocycles. The van der Waals surface area contributed by atoms with E-state index in [1.165, 1.54) is 16.7 Å². The Kier molecular flexibility index (Phi) is 3.80. The third-order valence-electron chi connectivity index (χ3n) is 2.56. The fourth-order valence-corrected chi connectivity index (χ4v) is 2.18. The molecule has 1 heteroatoms. The van der Waals surface area contributed by atoms with Crippen LogP contribution < -0.4 is 0 Å². The second-order valence-corrected chi connectivity index (χ2v) is 3.63. The molecule has 0 spiro atoms. The predicted octanol–water partition coefficient (Wildman–Crippen LogP) is 4.03. The first-order valence-electron chi connectivity index (χ1n) is 5.03. The van der Waals surface area contributed by atoms with Crippen molar-refractivity contribution in [2.24, 2.45) is 0 Å². The molecule has 0 saturated heterocycles. The van der Waals surface area contributed by atoms with Gasteiger partial charge in [0.15, 0.2) is 0 Å². The van der Waals surface area contributed by atoms with Gasteiger partial charge >= 0.3 is 0 Å². The lowest BCUT2D eigenvalue weighted by Gasteiger charge is -2.12. The highest BCUT2D eigenvalue weighted by atomic mass is 35.5. The summed E-state index contributed by atoms with van der Waals surface area (Å²) in [4.78, 5) is 0. The molecular weight excluding hydrogens is 180 g/mol. The van der Waals surface area contributed by atoms with E-state index in [2.05, 4.69) is 26.8 Å². The van der Waals surface area contributed by atoms with Crippen LogP contribution in [0.2, 0.25) is 5.02 Å². The zero-order valence-corrected chi connectivity index (χ0v) is 9.41. The average molecular weight is 197 g/mol. The van der Waals surface area contributed by atoms with Gasteiger partial charge in [0.1, 0.15) is 0 Å². The Morgan fingerprint density at radius 3 is 2.00 bits per heavy atom. The Balaban J connectivity index is 3.27. The van der Waals surface area contributed by atoms with E-state index >= 15 is 0 Å². The molecule has 0 fully saturated rings. The highest BCUT2D eigenvalue weighted by molar-refractivity contribution is 6.31. The van der Waals surface area contributed by atoms with Crippen molar-refractivity contribution in [3.8, 4) is 0 Å². The van der Waals surface area contributed by atoms with Gasteiger partial charge in [0.2, 0.25) is 0 Å². The molecule has 0 unspecified atom stereocenters. The molecule has 0 aliphatic rings. The summed E-state index contributed by atoms with van der Waals surface area (Å²) in [7, 11) is 0. The van der Waals surface area contributed by atoms with Crippen molar-refractivity contribution in [3.63, 3.8) is 0 Å². The molecule has 0 atom stereocenters. The van der Waals surface area contributed by atoms with Crippen molar-refractivity contribution >= 4 is 11.6 Å². The van der Waals surface area contributed by atoms with Crippen molar-refractivity contribution in [3.05, 3.63) is 33.8 Å². The third-order valence-corrected chi connectivity index (χ3v) is 2.91. The van der Waals surface area contributed by atoms with E-state index in [1.807, 2.05) is 6.07 Å². The van der Waals surface area contributed by atoms with E-state index in [1.54, 1.807) is 0 Å². The first-order chi connectivity index (χ1) is 6.24. The van der Waals surface area contributed by atoms with Crippen LogP contribution in [0.15, 0.2) is 12.1 Å². The maximum atomic E-state index is 6.14. The summed E-state index contributed by atoms with van der Waals surface area (Å²) in [6, 6.07) is 4.18. The maximum absolute atomic E-state index is 6.14. The summed E-state index contributed by atoms with van der Waals surface area (Å²) in [5, 5.41) is 0.927. The number of hydrogen-bond acceptors (Lipinski definition) is 0. The van der Waals surface area contributed by atoms with Gasteiger partial charge in [-0.15, -0.1) is 0 Å². The van der Waals surface area contributed by atoms with Crippen molar-refractivity contribution in [1.82, 2.24) is 0 Å². The van der Waals surface area contributed by atoms with Crippen LogP contribution in [0.3, 0.4) is 0 Å². The molecule has 0 aliphatic heterocycles. The molecule has 0 nitrogen and oxygen atoms in total. The van der Waals surface area contributed by atoms with Crippen LogP contribution in [0.5, 0.6) is 0 Å². The molecule has 13 heavy (non-hydrogen) atoms. The highest BCUT2D eigenvalue weighted by Crippen LogP contribution is 2.25. The van der Waals surface area contributed by atoms with Gasteiger partial charge in [0, 0.05) is 5.02 Å². The lowest BCUT2D eigenvalue weighted by atomic mass is 9.96. The Labute approximate surface area is 85.9 Å². The van der Waals surface area contributed by atoms with Crippen molar-refractivity contribution < 1.29 is 0 Å². The first kappa shape index (κ1) is 10.6. The fourth-order valence-electron chi connectivity index (χ4n) is 1.87. The van der Waals surface area contributed by atoms with E-state index < -0.39 is 0 Å². The van der Waals surface area contributed by atoms with Gasteiger partial charge in [-0.05, 0) is 42.0 Å². The number of hydrogen-bond donors (Lipinski definition) is 0. The van der Waals surface area contributed by atoms with Gasteiger partial charge in [-0.2, -0.15) is 0 Å². The number of benzene rings is 1. The monoisotopic (exact) mass is 196 g/mol. The largest absolute Gasteiger partial charge is 0.0840 e. The van der Waals surface area contributed by atoms with Crippen LogP contribution in [0.25, 0.3) is 0 Å². The number of halogens is 1. The van der Waals surface area contributed by atoms with Gasteiger partial charge in [-0.1, -0.05) is 38.4 Å². The lowest BCUT2D eigenvalue weighted by Crippen LogP contribution is -1.98. The van der Waals surface area contributed by atoms with Crippen LogP contribution in [0.4, 0.5) is 0 Å². The van der Waals surface area contributed by atoms with Crippen LogP contribution in [-0.4, -0.2) is 0 Å². The zero-order chi connectivity index (χ0) is 9.84. The number of aryl methyl sites for hydroxylation is 1. The standard InChI is InChI=1S/C12H17Cl/c1-4-9-7-8-12(13)11(6-3)10(9)5-2/h7-8H,4-6H2,1-3H3. The Morgan fingerprint density at radius 2 is 1.54 bits per heavy atom. The minimum atomic E-state index is 0.927. The second kappa shape index (κ2) is 4.66. The summed E-state index contributed by atoms with van der Waals surface area (Å²) in [6.45, 7) is 6.56. The van der Waals surface area contributed by atoms with Gasteiger partial charge < -0.3 is 0 Å². The summed E-state index contributed by atoms with van der Waals surface area (Å²) in [5.74, 6) is 0. The van der Waals surface area contributed by atoms with Crippen LogP contribution >= 0.6 is 11.6 Å². The van der Waals surface area contributed by atoms with E-state index in [4.69, 9.17) is 11.6 Å². The molecule has 0 heterocycles. The van der Waals surface area contributed by atoms with Crippen molar-refractivity contribution in [1.29, 1.82) is 0 Å². The maximum Gasteiger partial charge on any atom is 0.0440 e. The molecule has 0 radical (unpaired) electrons. The second-order valence-electron chi connectivity index (χ2n) is 3.22. The normalized spacial score (nSPS) is 10.5. The minimum Gasteiger partial charge on any atom is -0.0840 e. The van der Waals surface area contributed by atoms with E-state index in [9.17, 15) is 0 Å². The van der Waals surface area contributed by atoms with Crippen LogP contribution in [-0.2, 0) is 19.3 Å². The predicted molar refractivity (Wildman–Crippen MR) is 59.6 cm³/mol. The number of rotatable bonds is 3. The first-order valence-corrected chi connectivity index (χ1v) is 5.41. The van der Waals surface area contributed by atoms with Crippen LogP contribution in [0.1, 0.15) is 37.5 Å². The summed E-state index contributed by atoms with van der Waals surface area (Å²) in [6.07, 6.45) is 3.23. The van der Waals surface area contributed by atoms with Crippen molar-refractivity contribution in [2.75, 3.05) is 0 Å². The molecule has 0 N–H and O–H groups in total. The summed E-state index contributed by atoms with van der Waals surface area (Å²) < 4.78 is 0. The van der Waals surface area contributed by atoms with E-state index in [0.717, 1.165) is 24.3 Å². The quantitative estimate of drug-likeness (QED) is 0.685. The van der Waals surface area contributed by atoms with Gasteiger partial charge in [0.05, 0.1) is 0 Å². The Hall–Kier alpha value is -0.490. The molecule has 1 aromatic carbocycles. The molecule has 72 valence electrons. The molecule has 1 rings (SSSR count). The Bertz CT molecular complexity index is 289. The molecule has 1 aromatic rings. The minimum absolute atomic E-state index is 0.927. The smallest absolute Gasteiger partial charge is 0.0440 e. The fraction of sp³-hybridized carbons (Fsp3) is 0.500. The zero-order valence-electron chi connectivity index (χ0n) is 8.65. The summed E-state index contributed by atoms with van der Waals surface area (Å²) in [5.41, 5.74) is 4.24. The summed E-state index contributed by atoms with van der Waals surface area (Å²) >= 11 is 6.14. The Morgan fingerprint density at radius 1 is 0.923 bits per heavy atom. The van der Waals surface area contributed by atoms with Crippen LogP contribution in [0, 0.1) is 0 Å². The molecule has 0 saturated carbocycles. The lowest BCUT2D eigenvalue weighted by molar-refractivity contribution is 0.981. The van der Waals surface area contributed by atoms with Gasteiger partial charge in [-0.3, -0.25) is 0 Å². The highest BCUT2D eigenvalue weighted by Gasteiger charge is 2.07. The topological polar surface area (TPSA) is 0 Å². The SMILES string of the molecule is CCc1ccc(Cl)c(CC)c1CC. The third kappa shape index (κ3) is 2.05. The molecular formula is C12H17Cl. The van der Waals surface area contributed by atoms with E-state index in [-0.39, 0.29) is 0 Å². The molecule has 0 aliphatic carbocycles. The molecule has 0 amide bonds. The van der Waals surface area contributed by atoms with E-state index in [0.29, 0.717) is 0 Å².